The highest BCUT2D eigenvalue weighted by atomic mass is 79.9. The Morgan fingerprint density at radius 1 is 1.10 bits per heavy atom. The van der Waals surface area contributed by atoms with Crippen LogP contribution in [0.4, 0.5) is 10.1 Å². The second kappa shape index (κ2) is 5.54. The van der Waals surface area contributed by atoms with Crippen molar-refractivity contribution in [3.8, 4) is 0 Å². The van der Waals surface area contributed by atoms with E-state index in [9.17, 15) is 12.8 Å². The summed E-state index contributed by atoms with van der Waals surface area (Å²) in [5.74, 6) is -0.393. The molecule has 3 nitrogen and oxygen atoms in total. The minimum Gasteiger partial charge on any atom is -0.278 e. The van der Waals surface area contributed by atoms with Crippen LogP contribution in [-0.2, 0) is 10.0 Å². The number of nitrogens with one attached hydrogen (secondary N) is 1. The molecule has 1 N–H and O–H groups in total. The van der Waals surface area contributed by atoms with Crippen molar-refractivity contribution in [1.29, 1.82) is 0 Å². The fourth-order valence-electron chi connectivity index (χ4n) is 1.66. The molecule has 0 saturated heterocycles. The van der Waals surface area contributed by atoms with Crippen LogP contribution in [0.15, 0.2) is 45.8 Å². The molecular weight excluding hydrogens is 345 g/mol. The highest BCUT2D eigenvalue weighted by molar-refractivity contribution is 9.10. The Kier molecular flexibility index (Phi) is 4.15. The minimum absolute atomic E-state index is 0.164. The first-order valence-corrected chi connectivity index (χ1v) is 8.12. The first-order valence-electron chi connectivity index (χ1n) is 5.85. The number of sulfonamides is 1. The molecule has 0 heterocycles. The SMILES string of the molecule is Cc1ccc(S(=O)(=O)Nc2cc(C)c(F)cc2Br)cc1. The molecule has 0 aliphatic carbocycles. The van der Waals surface area contributed by atoms with E-state index in [-0.39, 0.29) is 4.90 Å². The maximum atomic E-state index is 13.4. The summed E-state index contributed by atoms with van der Waals surface area (Å²) >= 11 is 3.15. The summed E-state index contributed by atoms with van der Waals surface area (Å²) in [5.41, 5.74) is 1.65. The molecule has 0 aliphatic heterocycles. The van der Waals surface area contributed by atoms with Crippen LogP contribution in [0.5, 0.6) is 0 Å². The van der Waals surface area contributed by atoms with Gasteiger partial charge in [0.05, 0.1) is 10.6 Å². The second-order valence-corrected chi connectivity index (χ2v) is 7.04. The number of anilines is 1. The summed E-state index contributed by atoms with van der Waals surface area (Å²) in [6.45, 7) is 3.45. The van der Waals surface area contributed by atoms with E-state index in [0.717, 1.165) is 5.56 Å². The minimum atomic E-state index is -3.68. The van der Waals surface area contributed by atoms with E-state index in [1.54, 1.807) is 19.1 Å². The Bertz CT molecular complexity index is 743. The van der Waals surface area contributed by atoms with Gasteiger partial charge in [-0.2, -0.15) is 0 Å². The van der Waals surface area contributed by atoms with Crippen molar-refractivity contribution in [1.82, 2.24) is 0 Å². The Morgan fingerprint density at radius 2 is 1.70 bits per heavy atom. The zero-order valence-electron chi connectivity index (χ0n) is 10.9. The third kappa shape index (κ3) is 3.19. The molecule has 0 aromatic heterocycles. The zero-order chi connectivity index (χ0) is 14.9. The van der Waals surface area contributed by atoms with Gasteiger partial charge in [0.25, 0.3) is 10.0 Å². The molecule has 0 atom stereocenters. The van der Waals surface area contributed by atoms with Gasteiger partial charge in [0.15, 0.2) is 0 Å². The largest absolute Gasteiger partial charge is 0.278 e. The predicted molar refractivity (Wildman–Crippen MR) is 80.8 cm³/mol. The van der Waals surface area contributed by atoms with Crippen LogP contribution < -0.4 is 4.72 Å². The number of benzene rings is 2. The summed E-state index contributed by atoms with van der Waals surface area (Å²) in [4.78, 5) is 0.164. The Hall–Kier alpha value is -1.40. The first-order chi connectivity index (χ1) is 9.29. The summed E-state index contributed by atoms with van der Waals surface area (Å²) in [7, 11) is -3.68. The monoisotopic (exact) mass is 357 g/mol. The van der Waals surface area contributed by atoms with Gasteiger partial charge >= 0.3 is 0 Å². The van der Waals surface area contributed by atoms with Crippen LogP contribution in [0, 0.1) is 19.7 Å². The van der Waals surface area contributed by atoms with E-state index in [0.29, 0.717) is 15.7 Å². The van der Waals surface area contributed by atoms with Crippen LogP contribution in [0.2, 0.25) is 0 Å². The van der Waals surface area contributed by atoms with Crippen LogP contribution in [0.1, 0.15) is 11.1 Å². The molecule has 0 unspecified atom stereocenters. The van der Waals surface area contributed by atoms with E-state index in [1.807, 2.05) is 6.92 Å². The van der Waals surface area contributed by atoms with Gasteiger partial charge in [-0.05, 0) is 59.6 Å². The normalized spacial score (nSPS) is 11.4. The lowest BCUT2D eigenvalue weighted by molar-refractivity contribution is 0.600. The molecule has 20 heavy (non-hydrogen) atoms. The second-order valence-electron chi connectivity index (χ2n) is 4.50. The zero-order valence-corrected chi connectivity index (χ0v) is 13.3. The lowest BCUT2D eigenvalue weighted by Gasteiger charge is -2.11. The summed E-state index contributed by atoms with van der Waals surface area (Å²) in [6.07, 6.45) is 0. The van der Waals surface area contributed by atoms with E-state index in [4.69, 9.17) is 0 Å². The Labute approximate surface area is 126 Å². The van der Waals surface area contributed by atoms with Crippen LogP contribution in [0.25, 0.3) is 0 Å². The Balaban J connectivity index is 2.38. The standard InChI is InChI=1S/C14H13BrFNO2S/c1-9-3-5-11(6-4-9)20(18,19)17-14-7-10(2)13(16)8-12(14)15/h3-8,17H,1-2H3. The van der Waals surface area contributed by atoms with Crippen molar-refractivity contribution in [2.24, 2.45) is 0 Å². The fourth-order valence-corrected chi connectivity index (χ4v) is 3.27. The van der Waals surface area contributed by atoms with Gasteiger partial charge in [0.2, 0.25) is 0 Å². The van der Waals surface area contributed by atoms with Crippen molar-refractivity contribution in [2.45, 2.75) is 18.7 Å². The van der Waals surface area contributed by atoms with Crippen molar-refractivity contribution < 1.29 is 12.8 Å². The number of hydrogen-bond acceptors (Lipinski definition) is 2. The molecular formula is C14H13BrFNO2S. The average Bonchev–Trinajstić information content (AvgIpc) is 2.36. The molecule has 2 aromatic rings. The lowest BCUT2D eigenvalue weighted by Crippen LogP contribution is -2.13. The van der Waals surface area contributed by atoms with Crippen LogP contribution in [0.3, 0.4) is 0 Å². The number of hydrogen-bond donors (Lipinski definition) is 1. The van der Waals surface area contributed by atoms with E-state index in [2.05, 4.69) is 20.7 Å². The van der Waals surface area contributed by atoms with E-state index in [1.165, 1.54) is 24.3 Å². The molecule has 0 spiro atoms. The third-order valence-electron chi connectivity index (χ3n) is 2.82. The Morgan fingerprint density at radius 3 is 2.30 bits per heavy atom. The van der Waals surface area contributed by atoms with E-state index < -0.39 is 15.8 Å². The van der Waals surface area contributed by atoms with Crippen LogP contribution in [-0.4, -0.2) is 8.42 Å². The van der Waals surface area contributed by atoms with Gasteiger partial charge in [0.1, 0.15) is 5.82 Å². The third-order valence-corrected chi connectivity index (χ3v) is 4.86. The van der Waals surface area contributed by atoms with Crippen LogP contribution >= 0.6 is 15.9 Å². The number of halogens is 2. The summed E-state index contributed by atoms with van der Waals surface area (Å²) in [5, 5.41) is 0. The van der Waals surface area contributed by atoms with Crippen molar-refractivity contribution >= 4 is 31.6 Å². The van der Waals surface area contributed by atoms with Gasteiger partial charge in [-0.15, -0.1) is 0 Å². The highest BCUT2D eigenvalue weighted by Crippen LogP contribution is 2.28. The lowest BCUT2D eigenvalue weighted by atomic mass is 10.2. The maximum absolute atomic E-state index is 13.4. The van der Waals surface area contributed by atoms with Gasteiger partial charge in [-0.3, -0.25) is 4.72 Å². The molecule has 0 bridgehead atoms. The molecule has 0 radical (unpaired) electrons. The molecule has 106 valence electrons. The summed E-state index contributed by atoms with van der Waals surface area (Å²) in [6, 6.07) is 9.19. The molecule has 0 fully saturated rings. The molecule has 0 saturated carbocycles. The smallest absolute Gasteiger partial charge is 0.261 e. The summed E-state index contributed by atoms with van der Waals surface area (Å²) < 4.78 is 40.6. The topological polar surface area (TPSA) is 46.2 Å². The average molecular weight is 358 g/mol. The van der Waals surface area contributed by atoms with Crippen molar-refractivity contribution in [2.75, 3.05) is 4.72 Å². The first kappa shape index (κ1) is 15.0. The van der Waals surface area contributed by atoms with Crippen molar-refractivity contribution in [3.05, 3.63) is 57.8 Å². The van der Waals surface area contributed by atoms with Crippen molar-refractivity contribution in [3.63, 3.8) is 0 Å². The predicted octanol–water partition coefficient (Wildman–Crippen LogP) is 4.01. The molecule has 0 aliphatic rings. The van der Waals surface area contributed by atoms with Gasteiger partial charge in [-0.25, -0.2) is 12.8 Å². The number of rotatable bonds is 3. The molecule has 2 rings (SSSR count). The molecule has 0 amide bonds. The van der Waals surface area contributed by atoms with Gasteiger partial charge in [0, 0.05) is 4.47 Å². The fraction of sp³-hybridized carbons (Fsp3) is 0.143. The van der Waals surface area contributed by atoms with Gasteiger partial charge in [-0.1, -0.05) is 17.7 Å². The van der Waals surface area contributed by atoms with Gasteiger partial charge < -0.3 is 0 Å². The highest BCUT2D eigenvalue weighted by Gasteiger charge is 2.16. The van der Waals surface area contributed by atoms with E-state index >= 15 is 0 Å². The molecule has 2 aromatic carbocycles. The molecule has 6 heteroatoms. The quantitative estimate of drug-likeness (QED) is 0.901. The number of aryl methyl sites for hydroxylation is 2. The maximum Gasteiger partial charge on any atom is 0.261 e.